The van der Waals surface area contributed by atoms with Crippen molar-refractivity contribution in [2.45, 2.75) is 122 Å². The van der Waals surface area contributed by atoms with E-state index in [0.717, 1.165) is 12.8 Å². The normalized spacial score (nSPS) is 26.8. The van der Waals surface area contributed by atoms with E-state index < -0.39 is 0 Å². The number of para-hydroxylation sites is 1. The smallest absolute Gasteiger partial charge is 0.252 e. The van der Waals surface area contributed by atoms with Crippen molar-refractivity contribution >= 4 is 62.9 Å². The molecule has 2 fully saturated rings. The molecule has 294 valence electrons. The highest BCUT2D eigenvalue weighted by atomic mass is 15.3. The van der Waals surface area contributed by atoms with E-state index in [0.29, 0.717) is 0 Å². The largest absolute Gasteiger partial charge is 0.335 e. The lowest BCUT2D eigenvalue weighted by Gasteiger charge is -2.54. The molecule has 6 aromatic carbocycles. The molecule has 4 heterocycles. The highest BCUT2D eigenvalue weighted by Gasteiger charge is 2.64. The maximum absolute atomic E-state index is 2.94. The maximum atomic E-state index is 2.94. The van der Waals surface area contributed by atoms with Crippen LogP contribution >= 0.6 is 0 Å². The van der Waals surface area contributed by atoms with Crippen molar-refractivity contribution in [1.82, 2.24) is 0 Å². The molecule has 0 aromatic heterocycles. The van der Waals surface area contributed by atoms with Gasteiger partial charge in [0.25, 0.3) is 6.71 Å². The summed E-state index contributed by atoms with van der Waals surface area (Å²) < 4.78 is 0. The van der Waals surface area contributed by atoms with Gasteiger partial charge in [0.1, 0.15) is 0 Å². The van der Waals surface area contributed by atoms with Crippen LogP contribution in [0, 0.1) is 27.7 Å². The summed E-state index contributed by atoms with van der Waals surface area (Å²) in [6.45, 7) is 17.3. The highest BCUT2D eigenvalue weighted by molar-refractivity contribution is 7.00. The zero-order valence-corrected chi connectivity index (χ0v) is 36.0. The Morgan fingerprint density at radius 3 is 1.98 bits per heavy atom. The zero-order chi connectivity index (χ0) is 40.2. The van der Waals surface area contributed by atoms with Crippen molar-refractivity contribution in [2.75, 3.05) is 14.7 Å². The Morgan fingerprint density at radius 2 is 1.19 bits per heavy atom. The second kappa shape index (κ2) is 12.0. The molecular formula is C55H56BN3. The molecule has 4 unspecified atom stereocenters. The molecule has 0 radical (unpaired) electrons. The fourth-order valence-corrected chi connectivity index (χ4v) is 14.3. The van der Waals surface area contributed by atoms with Crippen molar-refractivity contribution in [2.24, 2.45) is 0 Å². The number of fused-ring (bicyclic) bond motifs is 10. The number of rotatable bonds is 3. The molecule has 6 aromatic rings. The van der Waals surface area contributed by atoms with Gasteiger partial charge in [-0.1, -0.05) is 128 Å². The number of benzene rings is 6. The van der Waals surface area contributed by atoms with E-state index in [1.807, 2.05) is 0 Å². The highest BCUT2D eigenvalue weighted by Crippen LogP contribution is 2.66. The number of anilines is 7. The van der Waals surface area contributed by atoms with E-state index in [2.05, 4.69) is 178 Å². The van der Waals surface area contributed by atoms with Gasteiger partial charge in [-0.15, -0.1) is 0 Å². The molecule has 0 saturated heterocycles. The van der Waals surface area contributed by atoms with Crippen LogP contribution in [0.2, 0.25) is 0 Å². The molecule has 4 heteroatoms. The Morgan fingerprint density at radius 1 is 0.508 bits per heavy atom. The Hall–Kier alpha value is -5.22. The van der Waals surface area contributed by atoms with Gasteiger partial charge >= 0.3 is 0 Å². The van der Waals surface area contributed by atoms with E-state index >= 15 is 0 Å². The van der Waals surface area contributed by atoms with Crippen molar-refractivity contribution in [3.63, 3.8) is 0 Å². The summed E-state index contributed by atoms with van der Waals surface area (Å²) >= 11 is 0. The van der Waals surface area contributed by atoms with Crippen LogP contribution in [0.3, 0.4) is 0 Å². The zero-order valence-electron chi connectivity index (χ0n) is 36.0. The third kappa shape index (κ3) is 4.26. The second-order valence-electron chi connectivity index (χ2n) is 20.0. The quantitative estimate of drug-likeness (QED) is 0.166. The summed E-state index contributed by atoms with van der Waals surface area (Å²) in [6.07, 6.45) is 9.74. The predicted octanol–water partition coefficient (Wildman–Crippen LogP) is 12.0. The number of hydrogen-bond donors (Lipinski definition) is 0. The lowest BCUT2D eigenvalue weighted by atomic mass is 9.32. The van der Waals surface area contributed by atoms with Gasteiger partial charge in [-0.25, -0.2) is 0 Å². The first-order valence-electron chi connectivity index (χ1n) is 22.6. The summed E-state index contributed by atoms with van der Waals surface area (Å²) in [4.78, 5) is 8.42. The molecule has 2 saturated carbocycles. The minimum atomic E-state index is -0.159. The molecule has 0 N–H and O–H groups in total. The number of nitrogens with zero attached hydrogens (tertiary/aromatic N) is 3. The summed E-state index contributed by atoms with van der Waals surface area (Å²) in [5.74, 6) is 0. The Labute approximate surface area is 352 Å². The van der Waals surface area contributed by atoms with E-state index in [9.17, 15) is 0 Å². The van der Waals surface area contributed by atoms with Gasteiger partial charge in [0.2, 0.25) is 0 Å². The molecule has 0 bridgehead atoms. The summed E-state index contributed by atoms with van der Waals surface area (Å²) in [5.41, 5.74) is 23.7. The standard InChI is InChI=1S/C55H56BN3/c1-35-21-24-40(25-22-35)57-45-26-23-36(2)31-43(45)56-49-38(4)32-37(3)48-51(49)59(53(6)28-14-13-27-52(48,53)5)47-34-41(33-46(57)50(47)56)58-44-20-12-11-19-42(44)55(39-17-9-8-10-18-39)30-16-15-29-54(55,58)7/h8-12,17-26,31-34H,13-16,27-30H2,1-7H3. The summed E-state index contributed by atoms with van der Waals surface area (Å²) in [5, 5.41) is 0. The van der Waals surface area contributed by atoms with Gasteiger partial charge in [0.05, 0.1) is 11.1 Å². The van der Waals surface area contributed by atoms with Crippen LogP contribution in [-0.4, -0.2) is 17.8 Å². The first-order valence-corrected chi connectivity index (χ1v) is 22.6. The number of hydrogen-bond acceptors (Lipinski definition) is 3. The third-order valence-corrected chi connectivity index (χ3v) is 17.0. The molecule has 4 aliphatic heterocycles. The molecule has 0 spiro atoms. The fourth-order valence-electron chi connectivity index (χ4n) is 14.3. The summed E-state index contributed by atoms with van der Waals surface area (Å²) in [6, 6.07) is 45.5. The van der Waals surface area contributed by atoms with Crippen LogP contribution in [0.1, 0.15) is 111 Å². The molecule has 3 nitrogen and oxygen atoms in total. The molecule has 2 aliphatic carbocycles. The van der Waals surface area contributed by atoms with Gasteiger partial charge in [-0.2, -0.15) is 0 Å². The average molecular weight is 770 g/mol. The lowest BCUT2D eigenvalue weighted by molar-refractivity contribution is 0.194. The maximum Gasteiger partial charge on any atom is 0.252 e. The van der Waals surface area contributed by atoms with E-state index in [1.54, 1.807) is 5.56 Å². The van der Waals surface area contributed by atoms with Crippen LogP contribution in [0.15, 0.2) is 115 Å². The Kier molecular flexibility index (Phi) is 7.24. The van der Waals surface area contributed by atoms with Gasteiger partial charge in [-0.3, -0.25) is 0 Å². The van der Waals surface area contributed by atoms with E-state index in [1.165, 1.54) is 128 Å². The van der Waals surface area contributed by atoms with Gasteiger partial charge in [0, 0.05) is 50.6 Å². The van der Waals surface area contributed by atoms with Gasteiger partial charge in [0.15, 0.2) is 0 Å². The molecule has 12 rings (SSSR count). The predicted molar refractivity (Wildman–Crippen MR) is 250 cm³/mol. The molecule has 0 amide bonds. The van der Waals surface area contributed by atoms with Crippen molar-refractivity contribution < 1.29 is 0 Å². The van der Waals surface area contributed by atoms with E-state index in [4.69, 9.17) is 0 Å². The first-order chi connectivity index (χ1) is 28.5. The first kappa shape index (κ1) is 35.7. The van der Waals surface area contributed by atoms with Crippen molar-refractivity contribution in [3.05, 3.63) is 154 Å². The molecule has 4 atom stereocenters. The van der Waals surface area contributed by atoms with Gasteiger partial charge < -0.3 is 14.7 Å². The van der Waals surface area contributed by atoms with Crippen LogP contribution in [0.5, 0.6) is 0 Å². The average Bonchev–Trinajstić information content (AvgIpc) is 3.61. The van der Waals surface area contributed by atoms with Crippen LogP contribution in [0.25, 0.3) is 0 Å². The van der Waals surface area contributed by atoms with Crippen LogP contribution < -0.4 is 31.1 Å². The van der Waals surface area contributed by atoms with Crippen molar-refractivity contribution in [3.8, 4) is 0 Å². The number of aryl methyl sites for hydroxylation is 4. The Balaban J connectivity index is 1.22. The molecular weight excluding hydrogens is 713 g/mol. The molecule has 6 aliphatic rings. The topological polar surface area (TPSA) is 9.72 Å². The van der Waals surface area contributed by atoms with Crippen molar-refractivity contribution in [1.29, 1.82) is 0 Å². The Bertz CT molecular complexity index is 2750. The minimum absolute atomic E-state index is 0.0492. The summed E-state index contributed by atoms with van der Waals surface area (Å²) in [7, 11) is 0. The van der Waals surface area contributed by atoms with Gasteiger partial charge in [-0.05, 0) is 142 Å². The molecule has 59 heavy (non-hydrogen) atoms. The van der Waals surface area contributed by atoms with Crippen LogP contribution in [-0.2, 0) is 10.8 Å². The third-order valence-electron chi connectivity index (χ3n) is 17.0. The fraction of sp³-hybridized carbons (Fsp3) is 0.345. The van der Waals surface area contributed by atoms with E-state index in [-0.39, 0.29) is 28.6 Å². The SMILES string of the molecule is Cc1ccc(N2c3ccc(C)cc3B3c4c2cc(N2c5ccccc5C5(c6ccccc6)CCCCC25C)cc4N2c4c3c(C)cc(C)c4C3(C)CCCCC23C)cc1. The monoisotopic (exact) mass is 769 g/mol. The second-order valence-corrected chi connectivity index (χ2v) is 20.0. The van der Waals surface area contributed by atoms with Crippen LogP contribution in [0.4, 0.5) is 39.8 Å². The lowest BCUT2D eigenvalue weighted by Crippen LogP contribution is -2.65. The minimum Gasteiger partial charge on any atom is -0.335 e.